The van der Waals surface area contributed by atoms with E-state index in [4.69, 9.17) is 0 Å². The van der Waals surface area contributed by atoms with Gasteiger partial charge in [-0.2, -0.15) is 0 Å². The van der Waals surface area contributed by atoms with E-state index in [1.165, 1.54) is 88.2 Å². The number of para-hydroxylation sites is 2. The zero-order valence-corrected chi connectivity index (χ0v) is 24.0. The van der Waals surface area contributed by atoms with Crippen LogP contribution in [0, 0.1) is 6.92 Å². The molecule has 0 radical (unpaired) electrons. The number of benzene rings is 6. The van der Waals surface area contributed by atoms with Gasteiger partial charge in [0, 0.05) is 21.5 Å². The van der Waals surface area contributed by atoms with Gasteiger partial charge in [0.2, 0.25) is 0 Å². The van der Waals surface area contributed by atoms with Crippen LogP contribution in [0.25, 0.3) is 71.5 Å². The van der Waals surface area contributed by atoms with Gasteiger partial charge in [0.25, 0.3) is 0 Å². The molecule has 1 unspecified atom stereocenters. The van der Waals surface area contributed by atoms with E-state index in [2.05, 4.69) is 140 Å². The Morgan fingerprint density at radius 3 is 2.14 bits per heavy atom. The average molecular weight is 538 g/mol. The van der Waals surface area contributed by atoms with Gasteiger partial charge in [-0.3, -0.25) is 0 Å². The quantitative estimate of drug-likeness (QED) is 0.211. The summed E-state index contributed by atoms with van der Waals surface area (Å²) in [5.74, 6) is 0.510. The standard InChI is InChI=1S/C41H31N/c1-3-26-23-28-12-8-15-30(40(28)35-19-9-16-32(39(26)35)29-13-5-4-11-25(29)2)27-21-22-38-36(24-27)34-18-10-17-33-31-14-6-7-20-37(31)42(38)41(33)34/h4-22,24,26H,3,23H2,1-2H3. The van der Waals surface area contributed by atoms with Gasteiger partial charge in [-0.15, -0.1) is 0 Å². The van der Waals surface area contributed by atoms with Crippen LogP contribution in [-0.4, -0.2) is 4.40 Å². The largest absolute Gasteiger partial charge is 0.308 e. The van der Waals surface area contributed by atoms with Crippen LogP contribution >= 0.6 is 0 Å². The molecule has 1 heteroatoms. The molecule has 9 rings (SSSR count). The van der Waals surface area contributed by atoms with Crippen LogP contribution in [0.4, 0.5) is 0 Å². The van der Waals surface area contributed by atoms with E-state index in [9.17, 15) is 0 Å². The fourth-order valence-electron chi connectivity index (χ4n) is 7.98. The van der Waals surface area contributed by atoms with E-state index < -0.39 is 0 Å². The monoisotopic (exact) mass is 537 g/mol. The van der Waals surface area contributed by atoms with Gasteiger partial charge in [0.15, 0.2) is 0 Å². The summed E-state index contributed by atoms with van der Waals surface area (Å²) in [6.07, 6.45) is 2.21. The topological polar surface area (TPSA) is 4.41 Å². The number of aromatic nitrogens is 1. The summed E-state index contributed by atoms with van der Waals surface area (Å²) < 4.78 is 2.47. The Morgan fingerprint density at radius 2 is 1.26 bits per heavy atom. The molecule has 0 bridgehead atoms. The molecule has 1 aliphatic carbocycles. The van der Waals surface area contributed by atoms with Crippen LogP contribution in [0.1, 0.15) is 36.0 Å². The van der Waals surface area contributed by atoms with Crippen LogP contribution in [0.15, 0.2) is 121 Å². The summed E-state index contributed by atoms with van der Waals surface area (Å²) in [6.45, 7) is 4.58. The molecular weight excluding hydrogens is 506 g/mol. The fourth-order valence-corrected chi connectivity index (χ4v) is 7.98. The molecule has 6 aromatic carbocycles. The first kappa shape index (κ1) is 23.8. The van der Waals surface area contributed by atoms with Crippen LogP contribution in [0.5, 0.6) is 0 Å². The number of rotatable bonds is 3. The maximum absolute atomic E-state index is 2.47. The minimum absolute atomic E-state index is 0.510. The van der Waals surface area contributed by atoms with E-state index in [0.29, 0.717) is 5.92 Å². The minimum Gasteiger partial charge on any atom is -0.308 e. The second-order valence-corrected chi connectivity index (χ2v) is 12.0. The van der Waals surface area contributed by atoms with E-state index in [1.54, 1.807) is 0 Å². The highest BCUT2D eigenvalue weighted by molar-refractivity contribution is 6.23. The molecule has 2 aromatic heterocycles. The molecule has 8 aromatic rings. The summed E-state index contributed by atoms with van der Waals surface area (Å²) in [4.78, 5) is 0. The average Bonchev–Trinajstić information content (AvgIpc) is 3.56. The first-order valence-electron chi connectivity index (χ1n) is 15.2. The van der Waals surface area contributed by atoms with Gasteiger partial charge in [-0.25, -0.2) is 0 Å². The third-order valence-corrected chi connectivity index (χ3v) is 9.86. The molecular formula is C41H31N. The molecule has 0 amide bonds. The fraction of sp³-hybridized carbons (Fsp3) is 0.122. The number of hydrogen-bond donors (Lipinski definition) is 0. The Morgan fingerprint density at radius 1 is 0.595 bits per heavy atom. The molecule has 0 fully saturated rings. The lowest BCUT2D eigenvalue weighted by Crippen LogP contribution is -2.13. The molecule has 42 heavy (non-hydrogen) atoms. The van der Waals surface area contributed by atoms with Crippen molar-refractivity contribution in [1.82, 2.24) is 4.40 Å². The van der Waals surface area contributed by atoms with Gasteiger partial charge in [0.05, 0.1) is 16.6 Å². The molecule has 0 spiro atoms. The van der Waals surface area contributed by atoms with E-state index >= 15 is 0 Å². The molecule has 2 heterocycles. The number of fused-ring (bicyclic) bond motifs is 9. The molecule has 0 N–H and O–H groups in total. The summed E-state index contributed by atoms with van der Waals surface area (Å²) in [5, 5.41) is 5.32. The van der Waals surface area contributed by atoms with Crippen molar-refractivity contribution in [2.45, 2.75) is 32.6 Å². The van der Waals surface area contributed by atoms with Gasteiger partial charge in [-0.05, 0) is 94.0 Å². The first-order valence-corrected chi connectivity index (χ1v) is 15.2. The maximum atomic E-state index is 2.47. The highest BCUT2D eigenvalue weighted by Crippen LogP contribution is 2.50. The molecule has 0 aliphatic heterocycles. The normalized spacial score (nSPS) is 14.7. The summed E-state index contributed by atoms with van der Waals surface area (Å²) in [7, 11) is 0. The Hall–Kier alpha value is -4.88. The predicted molar refractivity (Wildman–Crippen MR) is 179 cm³/mol. The minimum atomic E-state index is 0.510. The number of hydrogen-bond acceptors (Lipinski definition) is 0. The Kier molecular flexibility index (Phi) is 4.99. The van der Waals surface area contributed by atoms with E-state index in [1.807, 2.05) is 0 Å². The highest BCUT2D eigenvalue weighted by atomic mass is 14.9. The van der Waals surface area contributed by atoms with Crippen molar-refractivity contribution >= 4 is 38.1 Å². The van der Waals surface area contributed by atoms with Crippen molar-refractivity contribution in [1.29, 1.82) is 0 Å². The Bertz CT molecular complexity index is 2330. The Balaban J connectivity index is 1.31. The molecule has 1 aliphatic rings. The maximum Gasteiger partial charge on any atom is 0.0620 e. The lowest BCUT2D eigenvalue weighted by Gasteiger charge is -2.31. The lowest BCUT2D eigenvalue weighted by molar-refractivity contribution is 0.655. The number of nitrogens with zero attached hydrogens (tertiary/aromatic N) is 1. The smallest absolute Gasteiger partial charge is 0.0620 e. The van der Waals surface area contributed by atoms with Crippen LogP contribution in [0.2, 0.25) is 0 Å². The van der Waals surface area contributed by atoms with Crippen LogP contribution in [0.3, 0.4) is 0 Å². The molecule has 0 saturated carbocycles. The summed E-state index contributed by atoms with van der Waals surface area (Å²) in [5.41, 5.74) is 16.4. The van der Waals surface area contributed by atoms with Crippen molar-refractivity contribution in [3.05, 3.63) is 138 Å². The SMILES string of the molecule is CCC1Cc2cccc(-c3ccc4c(c3)c3cccc5c6ccccc6n4c53)c2-c2cccc(-c3ccccc3C)c21. The molecule has 1 nitrogen and oxygen atoms in total. The second-order valence-electron chi connectivity index (χ2n) is 12.0. The van der Waals surface area contributed by atoms with Gasteiger partial charge in [-0.1, -0.05) is 110 Å². The highest BCUT2D eigenvalue weighted by Gasteiger charge is 2.29. The second kappa shape index (κ2) is 8.81. The summed E-state index contributed by atoms with van der Waals surface area (Å²) in [6, 6.07) is 45.5. The zero-order chi connectivity index (χ0) is 27.9. The zero-order valence-electron chi connectivity index (χ0n) is 24.0. The Labute approximate surface area is 246 Å². The van der Waals surface area contributed by atoms with E-state index in [0.717, 1.165) is 12.8 Å². The molecule has 1 atom stereocenters. The molecule has 200 valence electrons. The van der Waals surface area contributed by atoms with Crippen LogP contribution in [-0.2, 0) is 6.42 Å². The molecule has 0 saturated heterocycles. The lowest BCUT2D eigenvalue weighted by atomic mass is 9.72. The van der Waals surface area contributed by atoms with E-state index in [-0.39, 0.29) is 0 Å². The summed E-state index contributed by atoms with van der Waals surface area (Å²) >= 11 is 0. The van der Waals surface area contributed by atoms with Crippen molar-refractivity contribution in [2.24, 2.45) is 0 Å². The van der Waals surface area contributed by atoms with Crippen LogP contribution < -0.4 is 0 Å². The number of aryl methyl sites for hydroxylation is 1. The van der Waals surface area contributed by atoms with Crippen molar-refractivity contribution in [2.75, 3.05) is 0 Å². The van der Waals surface area contributed by atoms with Gasteiger partial charge in [0.1, 0.15) is 0 Å². The first-order chi connectivity index (χ1) is 20.7. The third kappa shape index (κ3) is 3.14. The third-order valence-electron chi connectivity index (χ3n) is 9.86. The van der Waals surface area contributed by atoms with Gasteiger partial charge >= 0.3 is 0 Å². The van der Waals surface area contributed by atoms with Gasteiger partial charge < -0.3 is 4.40 Å². The van der Waals surface area contributed by atoms with Crippen molar-refractivity contribution in [3.63, 3.8) is 0 Å². The predicted octanol–water partition coefficient (Wildman–Crippen LogP) is 11.2. The van der Waals surface area contributed by atoms with Crippen molar-refractivity contribution in [3.8, 4) is 33.4 Å². The van der Waals surface area contributed by atoms with Crippen molar-refractivity contribution < 1.29 is 0 Å².